The third-order valence-electron chi connectivity index (χ3n) is 4.21. The molecule has 0 spiro atoms. The van der Waals surface area contributed by atoms with Crippen molar-refractivity contribution < 1.29 is 13.2 Å². The van der Waals surface area contributed by atoms with Crippen LogP contribution in [0.15, 0.2) is 29.4 Å². The Morgan fingerprint density at radius 1 is 1.42 bits per heavy atom. The van der Waals surface area contributed by atoms with Crippen molar-refractivity contribution >= 4 is 38.5 Å². The molecule has 24 heavy (non-hydrogen) atoms. The highest BCUT2D eigenvalue weighted by molar-refractivity contribution is 7.99. The molecule has 2 aromatic rings. The van der Waals surface area contributed by atoms with Crippen molar-refractivity contribution in [3.63, 3.8) is 0 Å². The number of aryl methyl sites for hydroxylation is 1. The highest BCUT2D eigenvalue weighted by atomic mass is 32.2. The van der Waals surface area contributed by atoms with E-state index in [0.717, 1.165) is 22.7 Å². The normalized spacial score (nSPS) is 22.8. The molecule has 0 radical (unpaired) electrons. The summed E-state index contributed by atoms with van der Waals surface area (Å²) in [5, 5.41) is 3.68. The number of benzene rings is 1. The van der Waals surface area contributed by atoms with Gasteiger partial charge in [0.15, 0.2) is 15.0 Å². The van der Waals surface area contributed by atoms with Crippen LogP contribution in [-0.2, 0) is 21.2 Å². The maximum atomic E-state index is 12.2. The number of nitrogens with zero attached hydrogens (tertiary/aromatic N) is 2. The van der Waals surface area contributed by atoms with Crippen molar-refractivity contribution in [2.24, 2.45) is 0 Å². The number of amides is 1. The van der Waals surface area contributed by atoms with E-state index in [0.29, 0.717) is 6.42 Å². The van der Waals surface area contributed by atoms with Crippen LogP contribution in [0.1, 0.15) is 20.3 Å². The van der Waals surface area contributed by atoms with Crippen molar-refractivity contribution in [2.75, 3.05) is 17.3 Å². The summed E-state index contributed by atoms with van der Waals surface area (Å²) in [5.74, 6) is 0.222. The van der Waals surface area contributed by atoms with Gasteiger partial charge in [0.2, 0.25) is 5.91 Å². The quantitative estimate of drug-likeness (QED) is 0.816. The molecule has 0 bridgehead atoms. The lowest BCUT2D eigenvalue weighted by molar-refractivity contribution is -0.120. The molecular formula is C16H21N3O3S2. The number of carbonyl (C=O) groups is 1. The van der Waals surface area contributed by atoms with E-state index in [9.17, 15) is 13.2 Å². The third-order valence-corrected chi connectivity index (χ3v) is 7.09. The zero-order chi connectivity index (χ0) is 17.4. The maximum absolute atomic E-state index is 12.2. The Balaban J connectivity index is 1.67. The van der Waals surface area contributed by atoms with Gasteiger partial charge in [-0.15, -0.1) is 0 Å². The van der Waals surface area contributed by atoms with E-state index in [-0.39, 0.29) is 23.2 Å². The molecule has 0 saturated carbocycles. The molecule has 1 fully saturated rings. The van der Waals surface area contributed by atoms with Gasteiger partial charge in [-0.1, -0.05) is 23.9 Å². The highest BCUT2D eigenvalue weighted by Crippen LogP contribution is 2.25. The van der Waals surface area contributed by atoms with E-state index in [1.165, 1.54) is 11.8 Å². The largest absolute Gasteiger partial charge is 0.349 e. The second kappa shape index (κ2) is 6.40. The van der Waals surface area contributed by atoms with E-state index in [2.05, 4.69) is 14.9 Å². The summed E-state index contributed by atoms with van der Waals surface area (Å²) in [6.07, 6.45) is 0.471. The molecule has 130 valence electrons. The lowest BCUT2D eigenvalue weighted by atomic mass is 10.0. The summed E-state index contributed by atoms with van der Waals surface area (Å²) in [5.41, 5.74) is 1.31. The molecule has 1 N–H and O–H groups in total. The SMILES string of the molecule is CCn1c(SCC(=O)N[C@]2(C)CCS(=O)(=O)C2)nc2ccccc21. The van der Waals surface area contributed by atoms with Crippen LogP contribution in [0, 0.1) is 0 Å². The molecule has 3 rings (SSSR count). The van der Waals surface area contributed by atoms with E-state index in [4.69, 9.17) is 0 Å². The molecule has 1 aromatic carbocycles. The minimum atomic E-state index is -3.03. The monoisotopic (exact) mass is 367 g/mol. The fourth-order valence-corrected chi connectivity index (χ4v) is 6.05. The van der Waals surface area contributed by atoms with Gasteiger partial charge in [0.05, 0.1) is 33.8 Å². The number of hydrogen-bond acceptors (Lipinski definition) is 5. The van der Waals surface area contributed by atoms with E-state index in [1.54, 1.807) is 6.92 Å². The van der Waals surface area contributed by atoms with Gasteiger partial charge in [0.1, 0.15) is 0 Å². The number of para-hydroxylation sites is 2. The summed E-state index contributed by atoms with van der Waals surface area (Å²) in [4.78, 5) is 16.8. The zero-order valence-corrected chi connectivity index (χ0v) is 15.4. The Bertz CT molecular complexity index is 876. The van der Waals surface area contributed by atoms with Gasteiger partial charge >= 0.3 is 0 Å². The standard InChI is InChI=1S/C16H21N3O3S2/c1-3-19-13-7-5-4-6-12(13)17-15(19)23-10-14(20)18-16(2)8-9-24(21,22)11-16/h4-7H,3,8-11H2,1-2H3,(H,18,20)/t16-/m1/s1. The summed E-state index contributed by atoms with van der Waals surface area (Å²) < 4.78 is 25.3. The molecule has 0 unspecified atom stereocenters. The summed E-state index contributed by atoms with van der Waals surface area (Å²) >= 11 is 1.38. The second-order valence-electron chi connectivity index (χ2n) is 6.37. The predicted molar refractivity (Wildman–Crippen MR) is 95.9 cm³/mol. The van der Waals surface area contributed by atoms with Gasteiger partial charge < -0.3 is 9.88 Å². The molecule has 1 amide bonds. The predicted octanol–water partition coefficient (Wildman–Crippen LogP) is 1.84. The Hall–Kier alpha value is -1.54. The number of fused-ring (bicyclic) bond motifs is 1. The number of aromatic nitrogens is 2. The van der Waals surface area contributed by atoms with E-state index in [1.807, 2.05) is 31.2 Å². The molecule has 1 saturated heterocycles. The summed E-state index contributed by atoms with van der Waals surface area (Å²) in [6.45, 7) is 4.62. The van der Waals surface area contributed by atoms with Crippen LogP contribution < -0.4 is 5.32 Å². The molecule has 1 aliphatic heterocycles. The van der Waals surface area contributed by atoms with Crippen molar-refractivity contribution in [3.05, 3.63) is 24.3 Å². The van der Waals surface area contributed by atoms with Gasteiger partial charge in [0.25, 0.3) is 0 Å². The molecule has 1 aliphatic rings. The second-order valence-corrected chi connectivity index (χ2v) is 9.49. The van der Waals surface area contributed by atoms with Crippen molar-refractivity contribution in [2.45, 2.75) is 37.5 Å². The van der Waals surface area contributed by atoms with Gasteiger partial charge in [-0.05, 0) is 32.4 Å². The van der Waals surface area contributed by atoms with Gasteiger partial charge in [0, 0.05) is 6.54 Å². The molecule has 2 heterocycles. The van der Waals surface area contributed by atoms with Crippen LogP contribution in [0.5, 0.6) is 0 Å². The minimum absolute atomic E-state index is 0.0177. The Kier molecular flexibility index (Phi) is 4.61. The van der Waals surface area contributed by atoms with Crippen LogP contribution >= 0.6 is 11.8 Å². The fourth-order valence-electron chi connectivity index (χ4n) is 3.08. The first-order chi connectivity index (χ1) is 11.3. The summed E-state index contributed by atoms with van der Waals surface area (Å²) in [6, 6.07) is 7.88. The number of imidazole rings is 1. The van der Waals surface area contributed by atoms with Crippen molar-refractivity contribution in [1.82, 2.24) is 14.9 Å². The smallest absolute Gasteiger partial charge is 0.230 e. The number of rotatable bonds is 5. The van der Waals surface area contributed by atoms with Crippen LogP contribution in [0.2, 0.25) is 0 Å². The lowest BCUT2D eigenvalue weighted by Crippen LogP contribution is -2.47. The van der Waals surface area contributed by atoms with E-state index < -0.39 is 15.4 Å². The van der Waals surface area contributed by atoms with Crippen LogP contribution in [0.3, 0.4) is 0 Å². The molecule has 1 atom stereocenters. The van der Waals surface area contributed by atoms with Crippen molar-refractivity contribution in [1.29, 1.82) is 0 Å². The Labute approximate surface area is 145 Å². The number of hydrogen-bond donors (Lipinski definition) is 1. The lowest BCUT2D eigenvalue weighted by Gasteiger charge is -2.23. The first-order valence-corrected chi connectivity index (χ1v) is 10.7. The van der Waals surface area contributed by atoms with Crippen LogP contribution in [-0.4, -0.2) is 46.7 Å². The Morgan fingerprint density at radius 2 is 2.17 bits per heavy atom. The zero-order valence-electron chi connectivity index (χ0n) is 13.8. The molecule has 6 nitrogen and oxygen atoms in total. The minimum Gasteiger partial charge on any atom is -0.349 e. The van der Waals surface area contributed by atoms with E-state index >= 15 is 0 Å². The van der Waals surface area contributed by atoms with Gasteiger partial charge in [-0.2, -0.15) is 0 Å². The van der Waals surface area contributed by atoms with Crippen LogP contribution in [0.4, 0.5) is 0 Å². The van der Waals surface area contributed by atoms with Gasteiger partial charge in [-0.25, -0.2) is 13.4 Å². The molecule has 0 aliphatic carbocycles. The van der Waals surface area contributed by atoms with Crippen LogP contribution in [0.25, 0.3) is 11.0 Å². The van der Waals surface area contributed by atoms with Gasteiger partial charge in [-0.3, -0.25) is 4.79 Å². The highest BCUT2D eigenvalue weighted by Gasteiger charge is 2.39. The topological polar surface area (TPSA) is 81.1 Å². The average molecular weight is 367 g/mol. The summed E-state index contributed by atoms with van der Waals surface area (Å²) in [7, 11) is -3.03. The first-order valence-electron chi connectivity index (χ1n) is 7.91. The number of carbonyl (C=O) groups excluding carboxylic acids is 1. The number of nitrogens with one attached hydrogen (secondary N) is 1. The average Bonchev–Trinajstić information content (AvgIpc) is 3.01. The first kappa shape index (κ1) is 17.3. The Morgan fingerprint density at radius 3 is 2.83 bits per heavy atom. The van der Waals surface area contributed by atoms with Crippen molar-refractivity contribution in [3.8, 4) is 0 Å². The number of thioether (sulfide) groups is 1. The third kappa shape index (κ3) is 3.59. The fraction of sp³-hybridized carbons (Fsp3) is 0.500. The molecular weight excluding hydrogens is 346 g/mol. The number of sulfone groups is 1. The maximum Gasteiger partial charge on any atom is 0.230 e. The molecule has 1 aromatic heterocycles. The molecule has 8 heteroatoms.